The van der Waals surface area contributed by atoms with E-state index in [0.717, 1.165) is 0 Å². The van der Waals surface area contributed by atoms with Gasteiger partial charge in [0.2, 0.25) is 0 Å². The first-order valence-electron chi connectivity index (χ1n) is 15.7. The lowest BCUT2D eigenvalue weighted by Crippen LogP contribution is -2.11. The Morgan fingerprint density at radius 2 is 0.941 bits per heavy atom. The van der Waals surface area contributed by atoms with Crippen LogP contribution in [-0.2, 0) is 0 Å². The predicted octanol–water partition coefficient (Wildman–Crippen LogP) is 11.6. The van der Waals surface area contributed by atoms with Gasteiger partial charge in [0.25, 0.3) is 0 Å². The lowest BCUT2D eigenvalue weighted by atomic mass is 10.00. The molecule has 1 aromatic rings. The molecule has 2 heteroatoms. The van der Waals surface area contributed by atoms with E-state index in [9.17, 15) is 0 Å². The molecule has 0 aromatic carbocycles. The fourth-order valence-electron chi connectivity index (χ4n) is 5.39. The highest BCUT2D eigenvalue weighted by atomic mass is 15.1. The first kappa shape index (κ1) is 31.2. The minimum Gasteiger partial charge on any atom is -0.332 e. The van der Waals surface area contributed by atoms with Crippen molar-refractivity contribution in [3.05, 3.63) is 18.2 Å². The SMILES string of the molecule is CCCCCCCCCCCCCCCCCC(C)n1ccnc1C(C)CCCCCCCC. The van der Waals surface area contributed by atoms with Crippen LogP contribution in [0.4, 0.5) is 0 Å². The van der Waals surface area contributed by atoms with Crippen molar-refractivity contribution in [1.82, 2.24) is 9.55 Å². The van der Waals surface area contributed by atoms with Crippen LogP contribution in [0.25, 0.3) is 0 Å². The molecule has 1 heterocycles. The molecule has 2 nitrogen and oxygen atoms in total. The summed E-state index contributed by atoms with van der Waals surface area (Å²) in [7, 11) is 0. The molecule has 200 valence electrons. The molecule has 0 N–H and O–H groups in total. The van der Waals surface area contributed by atoms with Gasteiger partial charge in [0.05, 0.1) is 0 Å². The van der Waals surface area contributed by atoms with Crippen LogP contribution in [0.2, 0.25) is 0 Å². The van der Waals surface area contributed by atoms with E-state index in [-0.39, 0.29) is 0 Å². The van der Waals surface area contributed by atoms with Crippen LogP contribution in [0.3, 0.4) is 0 Å². The van der Waals surface area contributed by atoms with Crippen LogP contribution in [-0.4, -0.2) is 9.55 Å². The van der Waals surface area contributed by atoms with Crippen LogP contribution in [0.15, 0.2) is 12.4 Å². The number of unbranched alkanes of at least 4 members (excludes halogenated alkanes) is 19. The summed E-state index contributed by atoms with van der Waals surface area (Å²) in [6.45, 7) is 9.37. The Hall–Kier alpha value is -0.790. The van der Waals surface area contributed by atoms with Crippen LogP contribution in [0, 0.1) is 0 Å². The van der Waals surface area contributed by atoms with E-state index >= 15 is 0 Å². The molecule has 0 aliphatic carbocycles. The molecule has 0 saturated carbocycles. The minimum absolute atomic E-state index is 0.588. The number of rotatable bonds is 25. The molecule has 1 rings (SSSR count). The Morgan fingerprint density at radius 1 is 0.559 bits per heavy atom. The zero-order chi connectivity index (χ0) is 24.7. The average molecular weight is 475 g/mol. The quantitative estimate of drug-likeness (QED) is 0.129. The van der Waals surface area contributed by atoms with Gasteiger partial charge in [-0.25, -0.2) is 4.98 Å². The molecule has 2 atom stereocenters. The molecule has 0 bridgehead atoms. The summed E-state index contributed by atoms with van der Waals surface area (Å²) in [6, 6.07) is 0.589. The molecule has 34 heavy (non-hydrogen) atoms. The van der Waals surface area contributed by atoms with E-state index in [0.29, 0.717) is 12.0 Å². The van der Waals surface area contributed by atoms with E-state index in [2.05, 4.69) is 38.5 Å². The fraction of sp³-hybridized carbons (Fsp3) is 0.906. The average Bonchev–Trinajstić information content (AvgIpc) is 3.34. The summed E-state index contributed by atoms with van der Waals surface area (Å²) in [4.78, 5) is 4.75. The van der Waals surface area contributed by atoms with Crippen molar-refractivity contribution in [3.8, 4) is 0 Å². The van der Waals surface area contributed by atoms with Crippen molar-refractivity contribution in [1.29, 1.82) is 0 Å². The smallest absolute Gasteiger partial charge is 0.111 e. The van der Waals surface area contributed by atoms with Gasteiger partial charge < -0.3 is 4.57 Å². The Kier molecular flexibility index (Phi) is 20.8. The van der Waals surface area contributed by atoms with Crippen LogP contribution in [0.5, 0.6) is 0 Å². The molecule has 0 aliphatic heterocycles. The molecule has 0 saturated heterocycles. The fourth-order valence-corrected chi connectivity index (χ4v) is 5.39. The maximum absolute atomic E-state index is 4.75. The normalized spacial score (nSPS) is 13.4. The number of nitrogens with zero attached hydrogens (tertiary/aromatic N) is 2. The number of hydrogen-bond acceptors (Lipinski definition) is 1. The predicted molar refractivity (Wildman–Crippen MR) is 153 cm³/mol. The third-order valence-corrected chi connectivity index (χ3v) is 7.83. The second-order valence-electron chi connectivity index (χ2n) is 11.2. The molecule has 0 amide bonds. The molecular formula is C32H62N2. The Morgan fingerprint density at radius 3 is 1.38 bits per heavy atom. The van der Waals surface area contributed by atoms with Crippen LogP contribution in [0.1, 0.15) is 193 Å². The zero-order valence-electron chi connectivity index (χ0n) is 24.0. The highest BCUT2D eigenvalue weighted by molar-refractivity contribution is 5.00. The van der Waals surface area contributed by atoms with Gasteiger partial charge in [-0.3, -0.25) is 0 Å². The summed E-state index contributed by atoms with van der Waals surface area (Å²) in [6.07, 6.45) is 36.7. The van der Waals surface area contributed by atoms with E-state index < -0.39 is 0 Å². The first-order valence-corrected chi connectivity index (χ1v) is 15.7. The summed E-state index contributed by atoms with van der Waals surface area (Å²) < 4.78 is 2.48. The molecular weight excluding hydrogens is 412 g/mol. The lowest BCUT2D eigenvalue weighted by molar-refractivity contribution is 0.435. The lowest BCUT2D eigenvalue weighted by Gasteiger charge is -2.20. The third-order valence-electron chi connectivity index (χ3n) is 7.83. The van der Waals surface area contributed by atoms with Crippen molar-refractivity contribution < 1.29 is 0 Å². The Balaban J connectivity index is 2.01. The van der Waals surface area contributed by atoms with Gasteiger partial charge in [-0.05, 0) is 19.8 Å². The van der Waals surface area contributed by atoms with Gasteiger partial charge in [0.15, 0.2) is 0 Å². The zero-order valence-corrected chi connectivity index (χ0v) is 24.0. The third kappa shape index (κ3) is 16.0. The molecule has 2 unspecified atom stereocenters. The number of aromatic nitrogens is 2. The van der Waals surface area contributed by atoms with Gasteiger partial charge in [0, 0.05) is 24.4 Å². The summed E-state index contributed by atoms with van der Waals surface area (Å²) in [5, 5.41) is 0. The highest BCUT2D eigenvalue weighted by Crippen LogP contribution is 2.26. The molecule has 1 aromatic heterocycles. The highest BCUT2D eigenvalue weighted by Gasteiger charge is 2.15. The molecule has 0 aliphatic rings. The Bertz CT molecular complexity index is 535. The van der Waals surface area contributed by atoms with Crippen molar-refractivity contribution in [2.75, 3.05) is 0 Å². The standard InChI is InChI=1S/C32H62N2/c1-5-7-9-11-13-14-15-16-17-18-19-20-21-23-25-27-31(4)34-29-28-33-32(34)30(3)26-24-22-12-10-8-6-2/h28-31H,5-27H2,1-4H3. The summed E-state index contributed by atoms with van der Waals surface area (Å²) in [5.41, 5.74) is 0. The van der Waals surface area contributed by atoms with E-state index in [4.69, 9.17) is 4.98 Å². The van der Waals surface area contributed by atoms with Crippen LogP contribution >= 0.6 is 0 Å². The van der Waals surface area contributed by atoms with Gasteiger partial charge in [-0.15, -0.1) is 0 Å². The van der Waals surface area contributed by atoms with Gasteiger partial charge in [-0.2, -0.15) is 0 Å². The second-order valence-corrected chi connectivity index (χ2v) is 11.2. The van der Waals surface area contributed by atoms with Gasteiger partial charge in [-0.1, -0.05) is 156 Å². The van der Waals surface area contributed by atoms with Gasteiger partial charge in [0.1, 0.15) is 5.82 Å². The number of hydrogen-bond donors (Lipinski definition) is 0. The topological polar surface area (TPSA) is 17.8 Å². The maximum atomic E-state index is 4.75. The monoisotopic (exact) mass is 474 g/mol. The van der Waals surface area contributed by atoms with E-state index in [1.165, 1.54) is 154 Å². The maximum Gasteiger partial charge on any atom is 0.111 e. The van der Waals surface area contributed by atoms with Crippen molar-refractivity contribution in [2.24, 2.45) is 0 Å². The minimum atomic E-state index is 0.588. The summed E-state index contributed by atoms with van der Waals surface area (Å²) >= 11 is 0. The van der Waals surface area contributed by atoms with Crippen molar-refractivity contribution >= 4 is 0 Å². The summed E-state index contributed by atoms with van der Waals surface area (Å²) in [5.74, 6) is 1.91. The molecule has 0 spiro atoms. The molecule has 0 radical (unpaired) electrons. The Labute approximate surface area is 215 Å². The van der Waals surface area contributed by atoms with E-state index in [1.807, 2.05) is 6.20 Å². The van der Waals surface area contributed by atoms with Gasteiger partial charge >= 0.3 is 0 Å². The molecule has 0 fully saturated rings. The van der Waals surface area contributed by atoms with Crippen molar-refractivity contribution in [3.63, 3.8) is 0 Å². The first-order chi connectivity index (χ1) is 16.7. The second kappa shape index (κ2) is 22.7. The largest absolute Gasteiger partial charge is 0.332 e. The van der Waals surface area contributed by atoms with E-state index in [1.54, 1.807) is 0 Å². The van der Waals surface area contributed by atoms with Crippen LogP contribution < -0.4 is 0 Å². The number of imidazole rings is 1. The van der Waals surface area contributed by atoms with Crippen molar-refractivity contribution in [2.45, 2.75) is 187 Å².